The van der Waals surface area contributed by atoms with Crippen molar-refractivity contribution in [1.82, 2.24) is 14.3 Å². The molecule has 0 amide bonds. The van der Waals surface area contributed by atoms with Gasteiger partial charge in [0, 0.05) is 36.1 Å². The molecule has 0 unspecified atom stereocenters. The van der Waals surface area contributed by atoms with Crippen molar-refractivity contribution < 1.29 is 8.42 Å². The third-order valence-corrected chi connectivity index (χ3v) is 8.38. The molecule has 9 heteroatoms. The van der Waals surface area contributed by atoms with E-state index in [1.54, 1.807) is 35.6 Å². The van der Waals surface area contributed by atoms with Crippen molar-refractivity contribution in [2.75, 3.05) is 31.1 Å². The second-order valence-electron chi connectivity index (χ2n) is 6.90. The van der Waals surface area contributed by atoms with Gasteiger partial charge in [-0.05, 0) is 50.6 Å². The zero-order valence-corrected chi connectivity index (χ0v) is 18.3. The summed E-state index contributed by atoms with van der Waals surface area (Å²) in [5.41, 5.74) is 1.20. The molecule has 0 spiro atoms. The smallest absolute Gasteiger partial charge is 0.243 e. The molecule has 4 rings (SSSR count). The molecule has 148 valence electrons. The second kappa shape index (κ2) is 7.26. The Morgan fingerprint density at radius 3 is 2.29 bits per heavy atom. The number of aromatic nitrogens is 2. The number of anilines is 1. The Hall–Kier alpha value is -1.74. The fourth-order valence-corrected chi connectivity index (χ4v) is 6.07. The number of aryl methyl sites for hydroxylation is 3. The highest BCUT2D eigenvalue weighted by Gasteiger charge is 2.30. The first-order valence-corrected chi connectivity index (χ1v) is 11.7. The monoisotopic (exact) mass is 436 g/mol. The minimum Gasteiger partial charge on any atom is -0.353 e. The Morgan fingerprint density at radius 1 is 1.00 bits per heavy atom. The number of halogens is 1. The third kappa shape index (κ3) is 3.39. The first-order valence-electron chi connectivity index (χ1n) is 9.02. The summed E-state index contributed by atoms with van der Waals surface area (Å²) in [7, 11) is -3.52. The van der Waals surface area contributed by atoms with E-state index in [-0.39, 0.29) is 4.90 Å². The van der Waals surface area contributed by atoms with Gasteiger partial charge < -0.3 is 4.90 Å². The summed E-state index contributed by atoms with van der Waals surface area (Å²) in [5, 5.41) is 1.61. The van der Waals surface area contributed by atoms with E-state index in [9.17, 15) is 8.42 Å². The van der Waals surface area contributed by atoms with Crippen LogP contribution in [0.2, 0.25) is 5.02 Å². The van der Waals surface area contributed by atoms with Crippen molar-refractivity contribution >= 4 is 49.0 Å². The number of hydrogen-bond acceptors (Lipinski definition) is 6. The first-order chi connectivity index (χ1) is 13.3. The molecule has 3 aromatic rings. The van der Waals surface area contributed by atoms with Gasteiger partial charge in [0.1, 0.15) is 16.5 Å². The van der Waals surface area contributed by atoms with Crippen LogP contribution in [0.5, 0.6) is 0 Å². The van der Waals surface area contributed by atoms with Gasteiger partial charge in [0.2, 0.25) is 10.0 Å². The second-order valence-corrected chi connectivity index (χ2v) is 10.5. The zero-order valence-electron chi connectivity index (χ0n) is 15.9. The maximum Gasteiger partial charge on any atom is 0.243 e. The van der Waals surface area contributed by atoms with Gasteiger partial charge in [0.15, 0.2) is 0 Å². The van der Waals surface area contributed by atoms with Crippen LogP contribution in [0.3, 0.4) is 0 Å². The molecular weight excluding hydrogens is 416 g/mol. The SMILES string of the molecule is Cc1nc(N2CCN(S(=O)(=O)c3ccc(Cl)cc3)CC2)c2c(C)c(C)sc2n1. The van der Waals surface area contributed by atoms with Crippen LogP contribution in [0.15, 0.2) is 29.2 Å². The Kier molecular flexibility index (Phi) is 5.07. The highest BCUT2D eigenvalue weighted by Crippen LogP contribution is 2.35. The van der Waals surface area contributed by atoms with Crippen molar-refractivity contribution in [3.05, 3.63) is 45.6 Å². The lowest BCUT2D eigenvalue weighted by Crippen LogP contribution is -2.49. The van der Waals surface area contributed by atoms with Crippen LogP contribution in [0.4, 0.5) is 5.82 Å². The van der Waals surface area contributed by atoms with Gasteiger partial charge in [-0.2, -0.15) is 4.31 Å². The fourth-order valence-electron chi connectivity index (χ4n) is 3.46. The van der Waals surface area contributed by atoms with Crippen molar-refractivity contribution in [3.63, 3.8) is 0 Å². The number of fused-ring (bicyclic) bond motifs is 1. The van der Waals surface area contributed by atoms with E-state index >= 15 is 0 Å². The van der Waals surface area contributed by atoms with Gasteiger partial charge in [-0.25, -0.2) is 18.4 Å². The summed E-state index contributed by atoms with van der Waals surface area (Å²) in [5.74, 6) is 1.65. The van der Waals surface area contributed by atoms with Crippen LogP contribution in [0.25, 0.3) is 10.2 Å². The van der Waals surface area contributed by atoms with Gasteiger partial charge in [0.05, 0.1) is 10.3 Å². The Labute approximate surface area is 173 Å². The fraction of sp³-hybridized carbons (Fsp3) is 0.368. The first kappa shape index (κ1) is 19.6. The number of piperazine rings is 1. The minimum atomic E-state index is -3.52. The summed E-state index contributed by atoms with van der Waals surface area (Å²) in [6, 6.07) is 6.32. The largest absolute Gasteiger partial charge is 0.353 e. The molecule has 1 saturated heterocycles. The van der Waals surface area contributed by atoms with Gasteiger partial charge in [-0.1, -0.05) is 11.6 Å². The summed E-state index contributed by atoms with van der Waals surface area (Å²) in [4.78, 5) is 13.9. The maximum atomic E-state index is 12.9. The lowest BCUT2D eigenvalue weighted by Gasteiger charge is -2.35. The summed E-state index contributed by atoms with van der Waals surface area (Å²) >= 11 is 7.56. The molecule has 1 aliphatic heterocycles. The standard InChI is InChI=1S/C19H21ClN4O2S2/c1-12-13(2)27-19-17(12)18(21-14(3)22-19)23-8-10-24(11-9-23)28(25,26)16-6-4-15(20)5-7-16/h4-7H,8-11H2,1-3H3. The molecule has 0 saturated carbocycles. The molecule has 0 radical (unpaired) electrons. The molecule has 0 aliphatic carbocycles. The van der Waals surface area contributed by atoms with E-state index in [2.05, 4.69) is 23.7 Å². The van der Waals surface area contributed by atoms with Crippen molar-refractivity contribution in [3.8, 4) is 0 Å². The topological polar surface area (TPSA) is 66.4 Å². The van der Waals surface area contributed by atoms with Gasteiger partial charge >= 0.3 is 0 Å². The van der Waals surface area contributed by atoms with E-state index in [1.807, 2.05) is 6.92 Å². The molecule has 0 atom stereocenters. The number of sulfonamides is 1. The average molecular weight is 437 g/mol. The predicted octanol–water partition coefficient (Wildman–Crippen LogP) is 3.78. The molecule has 0 bridgehead atoms. The number of benzene rings is 1. The molecule has 28 heavy (non-hydrogen) atoms. The van der Waals surface area contributed by atoms with Crippen molar-refractivity contribution in [2.45, 2.75) is 25.7 Å². The Bertz CT molecular complexity index is 1130. The van der Waals surface area contributed by atoms with Crippen LogP contribution >= 0.6 is 22.9 Å². The lowest BCUT2D eigenvalue weighted by atomic mass is 10.2. The molecule has 3 heterocycles. The van der Waals surface area contributed by atoms with Crippen LogP contribution in [-0.4, -0.2) is 48.9 Å². The maximum absolute atomic E-state index is 12.9. The molecule has 1 aliphatic rings. The van der Waals surface area contributed by atoms with E-state index in [1.165, 1.54) is 14.7 Å². The highest BCUT2D eigenvalue weighted by molar-refractivity contribution is 7.89. The molecule has 1 fully saturated rings. The van der Waals surface area contributed by atoms with Crippen molar-refractivity contribution in [1.29, 1.82) is 0 Å². The van der Waals surface area contributed by atoms with E-state index < -0.39 is 10.0 Å². The van der Waals surface area contributed by atoms with Crippen LogP contribution in [0, 0.1) is 20.8 Å². The van der Waals surface area contributed by atoms with Crippen LogP contribution in [0.1, 0.15) is 16.3 Å². The highest BCUT2D eigenvalue weighted by atomic mass is 35.5. The van der Waals surface area contributed by atoms with Crippen LogP contribution < -0.4 is 4.90 Å². The third-order valence-electron chi connectivity index (χ3n) is 5.11. The average Bonchev–Trinajstić information content (AvgIpc) is 2.95. The minimum absolute atomic E-state index is 0.273. The molecule has 0 N–H and O–H groups in total. The summed E-state index contributed by atoms with van der Waals surface area (Å²) < 4.78 is 27.3. The number of nitrogens with zero attached hydrogens (tertiary/aromatic N) is 4. The van der Waals surface area contributed by atoms with E-state index in [4.69, 9.17) is 16.6 Å². The number of thiophene rings is 1. The molecule has 2 aromatic heterocycles. The van der Waals surface area contributed by atoms with Gasteiger partial charge in [0.25, 0.3) is 0 Å². The lowest BCUT2D eigenvalue weighted by molar-refractivity contribution is 0.384. The molecular formula is C19H21ClN4O2S2. The molecule has 6 nitrogen and oxygen atoms in total. The van der Waals surface area contributed by atoms with Gasteiger partial charge in [-0.3, -0.25) is 0 Å². The number of hydrogen-bond donors (Lipinski definition) is 0. The normalized spacial score (nSPS) is 16.1. The Balaban J connectivity index is 1.60. The quantitative estimate of drug-likeness (QED) is 0.625. The van der Waals surface area contributed by atoms with Crippen molar-refractivity contribution in [2.24, 2.45) is 0 Å². The Morgan fingerprint density at radius 2 is 1.64 bits per heavy atom. The number of rotatable bonds is 3. The van der Waals surface area contributed by atoms with E-state index in [0.717, 1.165) is 21.9 Å². The summed E-state index contributed by atoms with van der Waals surface area (Å²) in [6.45, 7) is 8.10. The predicted molar refractivity (Wildman–Crippen MR) is 114 cm³/mol. The zero-order chi connectivity index (χ0) is 20.1. The summed E-state index contributed by atoms with van der Waals surface area (Å²) in [6.07, 6.45) is 0. The molecule has 1 aromatic carbocycles. The van der Waals surface area contributed by atoms with Crippen LogP contribution in [-0.2, 0) is 10.0 Å². The van der Waals surface area contributed by atoms with E-state index in [0.29, 0.717) is 31.2 Å². The van der Waals surface area contributed by atoms with Gasteiger partial charge in [-0.15, -0.1) is 11.3 Å².